The van der Waals surface area contributed by atoms with Crippen LogP contribution in [0.1, 0.15) is 19.8 Å². The van der Waals surface area contributed by atoms with Crippen molar-refractivity contribution in [3.8, 4) is 0 Å². The molecule has 6 heteroatoms. The normalized spacial score (nSPS) is 29.5. The summed E-state index contributed by atoms with van der Waals surface area (Å²) < 4.78 is 0. The van der Waals surface area contributed by atoms with Crippen LogP contribution in [0, 0.1) is 5.92 Å². The van der Waals surface area contributed by atoms with Crippen molar-refractivity contribution in [3.63, 3.8) is 0 Å². The summed E-state index contributed by atoms with van der Waals surface area (Å²) in [5.41, 5.74) is 0. The molecular weight excluding hydrogens is 240 g/mol. The second-order valence-corrected chi connectivity index (χ2v) is 5.80. The Kier molecular flexibility index (Phi) is 3.81. The molecule has 0 saturated carbocycles. The van der Waals surface area contributed by atoms with Gasteiger partial charge < -0.3 is 14.9 Å². The van der Waals surface area contributed by atoms with Crippen molar-refractivity contribution in [2.24, 2.45) is 5.92 Å². The van der Waals surface area contributed by atoms with Crippen molar-refractivity contribution >= 4 is 23.8 Å². The predicted octanol–water partition coefficient (Wildman–Crippen LogP) is 1.30. The average Bonchev–Trinajstić information content (AvgIpc) is 2.77. The molecule has 2 heterocycles. The van der Waals surface area contributed by atoms with E-state index < -0.39 is 12.0 Å². The average molecular weight is 258 g/mol. The molecule has 2 unspecified atom stereocenters. The quantitative estimate of drug-likeness (QED) is 0.770. The highest BCUT2D eigenvalue weighted by Crippen LogP contribution is 2.24. The first-order valence-electron chi connectivity index (χ1n) is 5.95. The Balaban J connectivity index is 2.01. The van der Waals surface area contributed by atoms with E-state index in [-0.39, 0.29) is 6.03 Å². The van der Waals surface area contributed by atoms with Crippen LogP contribution in [0.3, 0.4) is 0 Å². The summed E-state index contributed by atoms with van der Waals surface area (Å²) in [6, 6.07) is -0.751. The molecule has 2 fully saturated rings. The smallest absolute Gasteiger partial charge is 0.327 e. The molecule has 2 saturated heterocycles. The van der Waals surface area contributed by atoms with Crippen molar-refractivity contribution in [3.05, 3.63) is 0 Å². The molecule has 2 amide bonds. The minimum atomic E-state index is -0.895. The highest BCUT2D eigenvalue weighted by atomic mass is 32.2. The Hall–Kier alpha value is -0.910. The number of amides is 2. The van der Waals surface area contributed by atoms with Crippen molar-refractivity contribution in [1.82, 2.24) is 9.80 Å². The van der Waals surface area contributed by atoms with E-state index in [2.05, 4.69) is 6.92 Å². The lowest BCUT2D eigenvalue weighted by Gasteiger charge is -2.34. The zero-order valence-corrected chi connectivity index (χ0v) is 10.8. The van der Waals surface area contributed by atoms with Crippen LogP contribution in [0.25, 0.3) is 0 Å². The summed E-state index contributed by atoms with van der Waals surface area (Å²) in [7, 11) is 0. The third-order valence-electron chi connectivity index (χ3n) is 3.34. The highest BCUT2D eigenvalue weighted by Gasteiger charge is 2.37. The number of hydrogen-bond donors (Lipinski definition) is 1. The molecule has 0 aliphatic carbocycles. The lowest BCUT2D eigenvalue weighted by Crippen LogP contribution is -2.51. The third-order valence-corrected chi connectivity index (χ3v) is 4.35. The fourth-order valence-electron chi connectivity index (χ4n) is 2.38. The fraction of sp³-hybridized carbons (Fsp3) is 0.818. The van der Waals surface area contributed by atoms with Crippen LogP contribution in [0.4, 0.5) is 4.79 Å². The molecule has 17 heavy (non-hydrogen) atoms. The molecule has 2 aliphatic heterocycles. The maximum Gasteiger partial charge on any atom is 0.327 e. The molecule has 0 aromatic rings. The number of thioether (sulfide) groups is 1. The molecule has 0 aromatic heterocycles. The van der Waals surface area contributed by atoms with Gasteiger partial charge in [0.15, 0.2) is 0 Å². The third kappa shape index (κ3) is 2.68. The Morgan fingerprint density at radius 3 is 2.82 bits per heavy atom. The summed E-state index contributed by atoms with van der Waals surface area (Å²) in [4.78, 5) is 26.6. The monoisotopic (exact) mass is 258 g/mol. The number of hydrogen-bond acceptors (Lipinski definition) is 3. The Bertz CT molecular complexity index is 324. The molecule has 5 nitrogen and oxygen atoms in total. The number of aliphatic carboxylic acids is 1. The summed E-state index contributed by atoms with van der Waals surface area (Å²) in [6.07, 6.45) is 2.17. The maximum absolute atomic E-state index is 12.2. The van der Waals surface area contributed by atoms with Gasteiger partial charge in [-0.3, -0.25) is 0 Å². The molecule has 2 aliphatic rings. The van der Waals surface area contributed by atoms with E-state index in [1.807, 2.05) is 0 Å². The first-order valence-corrected chi connectivity index (χ1v) is 7.11. The number of carboxylic acids is 1. The molecule has 96 valence electrons. The van der Waals surface area contributed by atoms with Gasteiger partial charge in [0, 0.05) is 18.8 Å². The van der Waals surface area contributed by atoms with Crippen molar-refractivity contribution < 1.29 is 14.7 Å². The molecular formula is C11H18N2O3S. The highest BCUT2D eigenvalue weighted by molar-refractivity contribution is 7.99. The minimum Gasteiger partial charge on any atom is -0.480 e. The van der Waals surface area contributed by atoms with Crippen molar-refractivity contribution in [2.45, 2.75) is 25.8 Å². The summed E-state index contributed by atoms with van der Waals surface area (Å²) >= 11 is 1.51. The van der Waals surface area contributed by atoms with Crippen LogP contribution in [0.15, 0.2) is 0 Å². The second-order valence-electron chi connectivity index (χ2n) is 4.80. The van der Waals surface area contributed by atoms with Gasteiger partial charge in [0.05, 0.1) is 5.88 Å². The number of nitrogens with zero attached hydrogens (tertiary/aromatic N) is 2. The van der Waals surface area contributed by atoms with Gasteiger partial charge in [0.25, 0.3) is 0 Å². The second kappa shape index (κ2) is 5.16. The SMILES string of the molecule is CC1CCCN(C(=O)N2CSCC2C(=O)O)C1. The first kappa shape index (κ1) is 12.5. The Morgan fingerprint density at radius 2 is 2.18 bits per heavy atom. The van der Waals surface area contributed by atoms with Gasteiger partial charge in [0.2, 0.25) is 0 Å². The minimum absolute atomic E-state index is 0.103. The number of carbonyl (C=O) groups excluding carboxylic acids is 1. The molecule has 2 rings (SSSR count). The fourth-order valence-corrected chi connectivity index (χ4v) is 3.52. The zero-order chi connectivity index (χ0) is 12.4. The number of carbonyl (C=O) groups is 2. The van der Waals surface area contributed by atoms with Gasteiger partial charge >= 0.3 is 12.0 Å². The van der Waals surface area contributed by atoms with Gasteiger partial charge in [-0.2, -0.15) is 0 Å². The Morgan fingerprint density at radius 1 is 1.41 bits per heavy atom. The van der Waals surface area contributed by atoms with E-state index in [9.17, 15) is 9.59 Å². The van der Waals surface area contributed by atoms with Crippen molar-refractivity contribution in [1.29, 1.82) is 0 Å². The number of piperidine rings is 1. The summed E-state index contributed by atoms with van der Waals surface area (Å²) in [5, 5.41) is 9.06. The van der Waals surface area contributed by atoms with Gasteiger partial charge in [-0.15, -0.1) is 11.8 Å². The molecule has 0 aromatic carbocycles. The number of rotatable bonds is 1. The topological polar surface area (TPSA) is 60.9 Å². The molecule has 0 bridgehead atoms. The number of carboxylic acid groups (broad SMARTS) is 1. The zero-order valence-electron chi connectivity index (χ0n) is 9.96. The molecule has 1 N–H and O–H groups in total. The van der Waals surface area contributed by atoms with Crippen LogP contribution in [-0.4, -0.2) is 57.7 Å². The largest absolute Gasteiger partial charge is 0.480 e. The van der Waals surface area contributed by atoms with Gasteiger partial charge in [0.1, 0.15) is 6.04 Å². The molecule has 2 atom stereocenters. The standard InChI is InChI=1S/C11H18N2O3S/c1-8-3-2-4-12(5-8)11(16)13-7-17-6-9(13)10(14)15/h8-9H,2-7H2,1H3,(H,14,15). The van der Waals surface area contributed by atoms with E-state index in [0.29, 0.717) is 17.5 Å². The van der Waals surface area contributed by atoms with Gasteiger partial charge in [-0.25, -0.2) is 9.59 Å². The van der Waals surface area contributed by atoms with Crippen LogP contribution >= 0.6 is 11.8 Å². The van der Waals surface area contributed by atoms with Crippen LogP contribution < -0.4 is 0 Å². The van der Waals surface area contributed by atoms with E-state index >= 15 is 0 Å². The number of urea groups is 1. The van der Waals surface area contributed by atoms with E-state index in [1.54, 1.807) is 4.90 Å². The van der Waals surface area contributed by atoms with Crippen LogP contribution in [-0.2, 0) is 4.79 Å². The van der Waals surface area contributed by atoms with E-state index in [0.717, 1.165) is 25.9 Å². The van der Waals surface area contributed by atoms with Gasteiger partial charge in [-0.1, -0.05) is 6.92 Å². The molecule has 0 radical (unpaired) electrons. The first-order chi connectivity index (χ1) is 8.09. The van der Waals surface area contributed by atoms with Crippen molar-refractivity contribution in [2.75, 3.05) is 24.7 Å². The predicted molar refractivity (Wildman–Crippen MR) is 66.0 cm³/mol. The van der Waals surface area contributed by atoms with E-state index in [1.165, 1.54) is 16.7 Å². The summed E-state index contributed by atoms with van der Waals surface area (Å²) in [6.45, 7) is 3.65. The van der Waals surface area contributed by atoms with Crippen LogP contribution in [0.5, 0.6) is 0 Å². The lowest BCUT2D eigenvalue weighted by atomic mass is 10.0. The maximum atomic E-state index is 12.2. The molecule has 0 spiro atoms. The van der Waals surface area contributed by atoms with Crippen LogP contribution in [0.2, 0.25) is 0 Å². The number of likely N-dealkylation sites (tertiary alicyclic amines) is 1. The Labute approximate surface area is 105 Å². The van der Waals surface area contributed by atoms with E-state index in [4.69, 9.17) is 5.11 Å². The summed E-state index contributed by atoms with van der Waals surface area (Å²) in [5.74, 6) is 0.630. The van der Waals surface area contributed by atoms with Gasteiger partial charge in [-0.05, 0) is 18.8 Å². The lowest BCUT2D eigenvalue weighted by molar-refractivity contribution is -0.141.